The van der Waals surface area contributed by atoms with Crippen molar-refractivity contribution in [3.05, 3.63) is 494 Å². The Morgan fingerprint density at radius 1 is 0.113 bits per heavy atom. The highest BCUT2D eigenvalue weighted by atomic mass is 14.2. The first-order valence-corrected chi connectivity index (χ1v) is 39.9. The second kappa shape index (κ2) is 38.3. The summed E-state index contributed by atoms with van der Waals surface area (Å²) in [6.07, 6.45) is 0. The number of fused-ring (bicyclic) bond motifs is 6. The lowest BCUT2D eigenvalue weighted by molar-refractivity contribution is 1.45. The van der Waals surface area contributed by atoms with Crippen LogP contribution >= 0.6 is 0 Å². The molecule has 0 radical (unpaired) electrons. The smallest absolute Gasteiger partial charge is 0.0103 e. The molecule has 0 saturated heterocycles. The maximum Gasteiger partial charge on any atom is -0.0103 e. The lowest BCUT2D eigenvalue weighted by Crippen LogP contribution is -1.88. The molecule has 115 heavy (non-hydrogen) atoms. The molecule has 0 unspecified atom stereocenters. The zero-order valence-corrected chi connectivity index (χ0v) is 66.8. The molecule has 20 aromatic rings. The van der Waals surface area contributed by atoms with Crippen molar-refractivity contribution in [2.24, 2.45) is 0 Å². The maximum absolute atomic E-state index is 2.28. The Morgan fingerprint density at radius 3 is 0.983 bits per heavy atom. The van der Waals surface area contributed by atoms with Crippen LogP contribution in [0.5, 0.6) is 0 Å². The SMILES string of the molecule is Cc1ccc(-c2cccc3ccccc23)cc1.Cc1ccc2ccccc2c1.Cc1cccc(-c2cccc3ccccc23)c1.Cc1cccc2c(-c3ccccc3)cccc12.Cc1cccc2ccccc12.Cc1ccccc1-c1cccc2ccccc12.Cc1ccccc1-c1ccccc1-c1cccc(-c2ccccc2)c1. The molecular weight excluding hydrogens is 1380 g/mol. The molecule has 0 saturated carbocycles. The van der Waals surface area contributed by atoms with Gasteiger partial charge in [-0.2, -0.15) is 0 Å². The molecule has 0 N–H and O–H groups in total. The molecule has 0 nitrogen and oxygen atoms in total. The second-order valence-electron chi connectivity index (χ2n) is 29.4. The summed E-state index contributed by atoms with van der Waals surface area (Å²) in [6.45, 7) is 15.0. The van der Waals surface area contributed by atoms with E-state index in [9.17, 15) is 0 Å². The van der Waals surface area contributed by atoms with Crippen molar-refractivity contribution in [3.63, 3.8) is 0 Å². The molecule has 0 fully saturated rings. The van der Waals surface area contributed by atoms with Crippen LogP contribution in [0, 0.1) is 48.5 Å². The molecule has 0 heterocycles. The van der Waals surface area contributed by atoms with E-state index in [4.69, 9.17) is 0 Å². The lowest BCUT2D eigenvalue weighted by atomic mass is 9.91. The van der Waals surface area contributed by atoms with Crippen molar-refractivity contribution in [1.82, 2.24) is 0 Å². The number of rotatable bonds is 7. The minimum Gasteiger partial charge on any atom is -0.0622 e. The van der Waals surface area contributed by atoms with Crippen LogP contribution in [-0.4, -0.2) is 0 Å². The summed E-state index contributed by atoms with van der Waals surface area (Å²) in [4.78, 5) is 0. The molecule has 0 spiro atoms. The molecule has 0 heteroatoms. The standard InChI is InChI=1S/C25H20.4C17H14.2C11H10/c1-19-10-5-6-15-23(19)25-17-8-7-16-24(25)22-14-9-13-21(18-22)20-11-3-2-4-12-20;1-13-7-2-4-10-15(13)17-12-6-9-14-8-3-5-11-16(14)17;1-13-6-4-9-15(12-13)17-11-5-8-14-7-2-3-10-16(14)17;1-13-9-11-15(12-10-13)17-8-4-6-14-5-2-3-7-16(14)17;1-13-7-5-12-17-15(13)10-6-11-16(17)14-8-3-2-4-9-14;1-9-5-4-7-10-6-2-3-8-11(9)10;1-9-6-7-10-4-2-3-5-11(10)8-9/h2-18H,1H3;4*2-12H,1H3;2*2-8H,1H3. The molecule has 0 aliphatic heterocycles. The Morgan fingerprint density at radius 2 is 0.417 bits per heavy atom. The Kier molecular flexibility index (Phi) is 25.8. The molecule has 20 aromatic carbocycles. The van der Waals surface area contributed by atoms with Crippen molar-refractivity contribution in [2.45, 2.75) is 48.5 Å². The fourth-order valence-electron chi connectivity index (χ4n) is 15.2. The summed E-state index contributed by atoms with van der Waals surface area (Å²) in [7, 11) is 0. The number of hydrogen-bond acceptors (Lipinski definition) is 0. The fraction of sp³-hybridized carbons (Fsp3) is 0.0609. The van der Waals surface area contributed by atoms with Gasteiger partial charge in [-0.3, -0.25) is 0 Å². The second-order valence-corrected chi connectivity index (χ2v) is 29.4. The molecular formula is C115H96. The fourth-order valence-corrected chi connectivity index (χ4v) is 15.2. The highest BCUT2D eigenvalue weighted by Crippen LogP contribution is 2.38. The quantitative estimate of drug-likeness (QED) is 0.149. The van der Waals surface area contributed by atoms with Gasteiger partial charge in [0.15, 0.2) is 0 Å². The van der Waals surface area contributed by atoms with Gasteiger partial charge in [0.05, 0.1) is 0 Å². The first kappa shape index (κ1) is 77.7. The van der Waals surface area contributed by atoms with E-state index in [0.717, 1.165) is 0 Å². The van der Waals surface area contributed by atoms with Crippen LogP contribution in [0.15, 0.2) is 455 Å². The van der Waals surface area contributed by atoms with Gasteiger partial charge < -0.3 is 0 Å². The predicted octanol–water partition coefficient (Wildman–Crippen LogP) is 32.6. The number of aryl methyl sites for hydroxylation is 7. The highest BCUT2D eigenvalue weighted by molar-refractivity contribution is 6.01. The molecule has 0 amide bonds. The zero-order chi connectivity index (χ0) is 79.1. The van der Waals surface area contributed by atoms with Gasteiger partial charge in [-0.25, -0.2) is 0 Å². The molecule has 556 valence electrons. The normalized spacial score (nSPS) is 10.6. The van der Waals surface area contributed by atoms with Gasteiger partial charge in [-0.15, -0.1) is 0 Å². The lowest BCUT2D eigenvalue weighted by Gasteiger charge is -2.13. The van der Waals surface area contributed by atoms with Gasteiger partial charge in [0.2, 0.25) is 0 Å². The predicted molar refractivity (Wildman–Crippen MR) is 501 cm³/mol. The zero-order valence-electron chi connectivity index (χ0n) is 66.8. The first-order chi connectivity index (χ1) is 56.5. The van der Waals surface area contributed by atoms with Crippen LogP contribution in [0.4, 0.5) is 0 Å². The van der Waals surface area contributed by atoms with E-state index in [2.05, 4.69) is 503 Å². The van der Waals surface area contributed by atoms with Gasteiger partial charge in [-0.1, -0.05) is 466 Å². The van der Waals surface area contributed by atoms with Crippen LogP contribution in [0.2, 0.25) is 0 Å². The summed E-state index contributed by atoms with van der Waals surface area (Å²) in [6, 6.07) is 161. The topological polar surface area (TPSA) is 0 Å². The third-order valence-corrected chi connectivity index (χ3v) is 21.3. The molecule has 0 aliphatic rings. The Balaban J connectivity index is 0.000000112. The molecule has 0 aliphatic carbocycles. The van der Waals surface area contributed by atoms with E-state index >= 15 is 0 Å². The van der Waals surface area contributed by atoms with Crippen molar-refractivity contribution in [1.29, 1.82) is 0 Å². The van der Waals surface area contributed by atoms with E-state index < -0.39 is 0 Å². The average molecular weight is 1480 g/mol. The van der Waals surface area contributed by atoms with Gasteiger partial charge in [0.25, 0.3) is 0 Å². The minimum absolute atomic E-state index is 1.25. The van der Waals surface area contributed by atoms with Crippen molar-refractivity contribution < 1.29 is 0 Å². The Labute approximate surface area is 680 Å². The van der Waals surface area contributed by atoms with Crippen LogP contribution in [0.3, 0.4) is 0 Å². The summed E-state index contributed by atoms with van der Waals surface area (Å²) in [5.74, 6) is 0. The molecule has 20 rings (SSSR count). The van der Waals surface area contributed by atoms with E-state index in [1.807, 2.05) is 0 Å². The maximum atomic E-state index is 2.28. The van der Waals surface area contributed by atoms with E-state index in [0.29, 0.717) is 0 Å². The first-order valence-electron chi connectivity index (χ1n) is 39.9. The summed E-state index contributed by atoms with van der Waals surface area (Å²) in [5, 5.41) is 15.9. The van der Waals surface area contributed by atoms with Crippen LogP contribution in [0.25, 0.3) is 143 Å². The molecule has 0 aromatic heterocycles. The van der Waals surface area contributed by atoms with Crippen LogP contribution in [-0.2, 0) is 0 Å². The molecule has 0 bridgehead atoms. The van der Waals surface area contributed by atoms with Crippen LogP contribution in [0.1, 0.15) is 38.9 Å². The summed E-state index contributed by atoms with van der Waals surface area (Å²) in [5.41, 5.74) is 27.3. The van der Waals surface area contributed by atoms with Crippen LogP contribution < -0.4 is 0 Å². The third-order valence-electron chi connectivity index (χ3n) is 21.3. The van der Waals surface area contributed by atoms with E-state index in [1.165, 1.54) is 181 Å². The third kappa shape index (κ3) is 19.6. The van der Waals surface area contributed by atoms with E-state index in [1.54, 1.807) is 0 Å². The number of benzene rings is 20. The van der Waals surface area contributed by atoms with Crippen molar-refractivity contribution in [3.8, 4) is 77.9 Å². The number of hydrogen-bond donors (Lipinski definition) is 0. The Bertz CT molecular complexity index is 6570. The largest absolute Gasteiger partial charge is 0.0622 e. The van der Waals surface area contributed by atoms with Gasteiger partial charge in [0, 0.05) is 0 Å². The van der Waals surface area contributed by atoms with Gasteiger partial charge in [-0.05, 0) is 219 Å². The van der Waals surface area contributed by atoms with Gasteiger partial charge >= 0.3 is 0 Å². The summed E-state index contributed by atoms with van der Waals surface area (Å²) >= 11 is 0. The minimum atomic E-state index is 1.25. The van der Waals surface area contributed by atoms with Gasteiger partial charge in [0.1, 0.15) is 0 Å². The Hall–Kier alpha value is -14.0. The molecule has 0 atom stereocenters. The van der Waals surface area contributed by atoms with Crippen molar-refractivity contribution >= 4 is 64.6 Å². The van der Waals surface area contributed by atoms with Crippen molar-refractivity contribution in [2.75, 3.05) is 0 Å². The average Bonchev–Trinajstić information content (AvgIpc) is 0.801. The highest BCUT2D eigenvalue weighted by Gasteiger charge is 2.12. The monoisotopic (exact) mass is 1480 g/mol. The summed E-state index contributed by atoms with van der Waals surface area (Å²) < 4.78 is 0. The van der Waals surface area contributed by atoms with E-state index in [-0.39, 0.29) is 0 Å².